The van der Waals surface area contributed by atoms with Crippen molar-refractivity contribution in [2.24, 2.45) is 0 Å². The Kier molecular flexibility index (Phi) is 6.84. The molecule has 0 aliphatic carbocycles. The van der Waals surface area contributed by atoms with Crippen LogP contribution in [0.4, 0.5) is 0 Å². The van der Waals surface area contributed by atoms with Gasteiger partial charge in [-0.2, -0.15) is 0 Å². The lowest BCUT2D eigenvalue weighted by molar-refractivity contribution is -0.251. The molecule has 4 heteroatoms. The Labute approximate surface area is 138 Å². The van der Waals surface area contributed by atoms with Gasteiger partial charge in [-0.15, -0.1) is 13.2 Å². The lowest BCUT2D eigenvalue weighted by atomic mass is 10.00. The molecule has 0 spiro atoms. The Bertz CT molecular complexity index is 495. The average molecular weight is 318 g/mol. The zero-order valence-corrected chi connectivity index (χ0v) is 13.7. The molecule has 1 aliphatic rings. The van der Waals surface area contributed by atoms with Crippen LogP contribution in [0.25, 0.3) is 0 Å². The molecule has 126 valence electrons. The summed E-state index contributed by atoms with van der Waals surface area (Å²) in [5.41, 5.74) is 0.947. The third-order valence-electron chi connectivity index (χ3n) is 3.95. The maximum Gasteiger partial charge on any atom is 0.184 e. The molecule has 1 aliphatic heterocycles. The number of hydrogen-bond donors (Lipinski definition) is 1. The summed E-state index contributed by atoms with van der Waals surface area (Å²) in [4.78, 5) is 0. The highest BCUT2D eigenvalue weighted by molar-refractivity contribution is 5.28. The van der Waals surface area contributed by atoms with Crippen molar-refractivity contribution in [3.63, 3.8) is 0 Å². The van der Waals surface area contributed by atoms with Crippen molar-refractivity contribution in [2.45, 2.75) is 50.3 Å². The minimum atomic E-state index is -0.434. The first kappa shape index (κ1) is 17.7. The van der Waals surface area contributed by atoms with Gasteiger partial charge in [0.1, 0.15) is 5.75 Å². The number of aliphatic hydroxyl groups is 1. The van der Waals surface area contributed by atoms with Crippen molar-refractivity contribution < 1.29 is 19.3 Å². The monoisotopic (exact) mass is 318 g/mol. The number of rotatable bonds is 8. The average Bonchev–Trinajstić information content (AvgIpc) is 2.55. The van der Waals surface area contributed by atoms with Gasteiger partial charge in [0.25, 0.3) is 0 Å². The van der Waals surface area contributed by atoms with Crippen molar-refractivity contribution in [1.82, 2.24) is 0 Å². The van der Waals surface area contributed by atoms with Gasteiger partial charge in [0.15, 0.2) is 6.29 Å². The first-order chi connectivity index (χ1) is 11.2. The van der Waals surface area contributed by atoms with Gasteiger partial charge in [-0.25, -0.2) is 0 Å². The zero-order valence-electron chi connectivity index (χ0n) is 13.7. The molecule has 1 saturated heterocycles. The van der Waals surface area contributed by atoms with Crippen LogP contribution in [0.1, 0.15) is 37.5 Å². The molecule has 4 atom stereocenters. The quantitative estimate of drug-likeness (QED) is 0.741. The topological polar surface area (TPSA) is 47.9 Å². The van der Waals surface area contributed by atoms with Crippen LogP contribution in [-0.4, -0.2) is 30.5 Å². The molecule has 0 saturated carbocycles. The fraction of sp³-hybridized carbons (Fsp3) is 0.474. The molecule has 1 N–H and O–H groups in total. The molecule has 2 rings (SSSR count). The van der Waals surface area contributed by atoms with E-state index in [1.807, 2.05) is 30.3 Å². The second kappa shape index (κ2) is 8.87. The van der Waals surface area contributed by atoms with Gasteiger partial charge in [0.05, 0.1) is 25.4 Å². The van der Waals surface area contributed by atoms with Crippen LogP contribution in [-0.2, 0) is 9.47 Å². The van der Waals surface area contributed by atoms with Crippen molar-refractivity contribution in [2.75, 3.05) is 7.11 Å². The molecule has 1 aromatic rings. The smallest absolute Gasteiger partial charge is 0.184 e. The van der Waals surface area contributed by atoms with E-state index in [0.717, 1.165) is 24.2 Å². The molecule has 0 bridgehead atoms. The van der Waals surface area contributed by atoms with Gasteiger partial charge in [-0.3, -0.25) is 0 Å². The summed E-state index contributed by atoms with van der Waals surface area (Å²) in [5, 5.41) is 10.0. The molecule has 23 heavy (non-hydrogen) atoms. The van der Waals surface area contributed by atoms with Gasteiger partial charge in [0.2, 0.25) is 0 Å². The second-order valence-electron chi connectivity index (χ2n) is 5.80. The molecule has 1 heterocycles. The maximum atomic E-state index is 10.0. The molecule has 1 fully saturated rings. The van der Waals surface area contributed by atoms with Crippen molar-refractivity contribution in [1.29, 1.82) is 0 Å². The summed E-state index contributed by atoms with van der Waals surface area (Å²) in [6.07, 6.45) is 5.40. The van der Waals surface area contributed by atoms with E-state index in [9.17, 15) is 5.11 Å². The molecule has 0 radical (unpaired) electrons. The predicted octanol–water partition coefficient (Wildman–Crippen LogP) is 3.77. The number of methoxy groups -OCH3 is 1. The van der Waals surface area contributed by atoms with E-state index in [1.165, 1.54) is 0 Å². The van der Waals surface area contributed by atoms with Gasteiger partial charge >= 0.3 is 0 Å². The van der Waals surface area contributed by atoms with Crippen LogP contribution >= 0.6 is 0 Å². The van der Waals surface area contributed by atoms with Crippen molar-refractivity contribution in [3.05, 3.63) is 55.1 Å². The Morgan fingerprint density at radius 2 is 1.91 bits per heavy atom. The van der Waals surface area contributed by atoms with Crippen LogP contribution in [0.5, 0.6) is 5.75 Å². The minimum Gasteiger partial charge on any atom is -0.497 e. The van der Waals surface area contributed by atoms with E-state index in [0.29, 0.717) is 12.8 Å². The number of hydrogen-bond acceptors (Lipinski definition) is 4. The van der Waals surface area contributed by atoms with Crippen LogP contribution in [0.15, 0.2) is 49.6 Å². The molecule has 4 nitrogen and oxygen atoms in total. The van der Waals surface area contributed by atoms with E-state index in [-0.39, 0.29) is 12.2 Å². The summed E-state index contributed by atoms with van der Waals surface area (Å²) >= 11 is 0. The highest BCUT2D eigenvalue weighted by Crippen LogP contribution is 2.33. The molecular formula is C19H26O4. The molecule has 1 aromatic carbocycles. The van der Waals surface area contributed by atoms with Gasteiger partial charge < -0.3 is 19.3 Å². The Hall–Kier alpha value is -1.62. The SMILES string of the molecule is C=CC[C@@H](O)C[C@@H]1C[C@H](CC=C)OC(c2ccc(OC)cc2)O1. The van der Waals surface area contributed by atoms with E-state index < -0.39 is 12.4 Å². The highest BCUT2D eigenvalue weighted by Gasteiger charge is 2.31. The van der Waals surface area contributed by atoms with E-state index >= 15 is 0 Å². The predicted molar refractivity (Wildman–Crippen MR) is 90.3 cm³/mol. The van der Waals surface area contributed by atoms with E-state index in [4.69, 9.17) is 14.2 Å². The van der Waals surface area contributed by atoms with Crippen LogP contribution in [0, 0.1) is 0 Å². The van der Waals surface area contributed by atoms with Crippen LogP contribution < -0.4 is 4.74 Å². The molecule has 0 aromatic heterocycles. The summed E-state index contributed by atoms with van der Waals surface area (Å²) in [5.74, 6) is 0.796. The summed E-state index contributed by atoms with van der Waals surface area (Å²) < 4.78 is 17.2. The first-order valence-electron chi connectivity index (χ1n) is 8.01. The summed E-state index contributed by atoms with van der Waals surface area (Å²) in [6, 6.07) is 7.66. The maximum absolute atomic E-state index is 10.0. The largest absolute Gasteiger partial charge is 0.497 e. The fourth-order valence-electron chi connectivity index (χ4n) is 2.79. The lowest BCUT2D eigenvalue weighted by Gasteiger charge is -2.36. The lowest BCUT2D eigenvalue weighted by Crippen LogP contribution is -2.35. The summed E-state index contributed by atoms with van der Waals surface area (Å²) in [6.45, 7) is 7.46. The third kappa shape index (κ3) is 5.20. The highest BCUT2D eigenvalue weighted by atomic mass is 16.7. The number of benzene rings is 1. The third-order valence-corrected chi connectivity index (χ3v) is 3.95. The minimum absolute atomic E-state index is 0.0456. The normalized spacial score (nSPS) is 25.6. The van der Waals surface area contributed by atoms with Gasteiger partial charge in [-0.1, -0.05) is 24.3 Å². The summed E-state index contributed by atoms with van der Waals surface area (Å²) in [7, 11) is 1.64. The van der Waals surface area contributed by atoms with Crippen molar-refractivity contribution >= 4 is 0 Å². The number of ether oxygens (including phenoxy) is 3. The number of aliphatic hydroxyl groups excluding tert-OH is 1. The van der Waals surface area contributed by atoms with E-state index in [1.54, 1.807) is 13.2 Å². The second-order valence-corrected chi connectivity index (χ2v) is 5.80. The van der Waals surface area contributed by atoms with E-state index in [2.05, 4.69) is 13.2 Å². The molecule has 1 unspecified atom stereocenters. The molecular weight excluding hydrogens is 292 g/mol. The molecule has 0 amide bonds. The van der Waals surface area contributed by atoms with Gasteiger partial charge in [-0.05, 0) is 25.0 Å². The Balaban J connectivity index is 2.07. The fourth-order valence-corrected chi connectivity index (χ4v) is 2.79. The van der Waals surface area contributed by atoms with Crippen LogP contribution in [0.2, 0.25) is 0 Å². The Morgan fingerprint density at radius 3 is 2.52 bits per heavy atom. The standard InChI is InChI=1S/C19H26O4/c1-4-6-15(20)12-18-13-17(7-5-2)22-19(23-18)14-8-10-16(21-3)11-9-14/h4-5,8-11,15,17-20H,1-2,6-7,12-13H2,3H3/t15-,17+,18-,19?/m1/s1. The van der Waals surface area contributed by atoms with Crippen molar-refractivity contribution in [3.8, 4) is 5.75 Å². The first-order valence-corrected chi connectivity index (χ1v) is 8.01. The zero-order chi connectivity index (χ0) is 16.7. The van der Waals surface area contributed by atoms with Gasteiger partial charge in [0, 0.05) is 18.4 Å². The Morgan fingerprint density at radius 1 is 1.22 bits per heavy atom. The van der Waals surface area contributed by atoms with Crippen LogP contribution in [0.3, 0.4) is 0 Å².